The lowest BCUT2D eigenvalue weighted by atomic mass is 9.81. The Balaban J connectivity index is 1.15. The van der Waals surface area contributed by atoms with Gasteiger partial charge in [-0.15, -0.1) is 0 Å². The molecule has 0 atom stereocenters. The molecule has 13 rings (SSSR count). The van der Waals surface area contributed by atoms with Gasteiger partial charge < -0.3 is 14.0 Å². The summed E-state index contributed by atoms with van der Waals surface area (Å²) < 4.78 is 4.97. The Morgan fingerprint density at radius 1 is 0.431 bits per heavy atom. The first-order valence-electron chi connectivity index (χ1n) is 20.3. The quantitative estimate of drug-likeness (QED) is 0.175. The minimum atomic E-state index is -0.114. The van der Waals surface area contributed by atoms with Gasteiger partial charge in [0.15, 0.2) is 0 Å². The van der Waals surface area contributed by atoms with E-state index in [4.69, 9.17) is 0 Å². The van der Waals surface area contributed by atoms with Crippen LogP contribution in [0.3, 0.4) is 0 Å². The van der Waals surface area contributed by atoms with Crippen molar-refractivity contribution in [1.29, 1.82) is 0 Å². The molecule has 0 saturated heterocycles. The van der Waals surface area contributed by atoms with Crippen molar-refractivity contribution in [3.8, 4) is 33.6 Å². The van der Waals surface area contributed by atoms with Crippen LogP contribution in [0.25, 0.3) is 88.0 Å². The molecule has 9 aromatic carbocycles. The average molecular weight is 740 g/mol. The van der Waals surface area contributed by atoms with E-state index >= 15 is 0 Å². The predicted molar refractivity (Wildman–Crippen MR) is 244 cm³/mol. The number of para-hydroxylation sites is 3. The first-order valence-corrected chi connectivity index (χ1v) is 20.3. The fourth-order valence-corrected chi connectivity index (χ4v) is 10.7. The van der Waals surface area contributed by atoms with E-state index in [0.717, 1.165) is 22.7 Å². The van der Waals surface area contributed by atoms with Crippen molar-refractivity contribution in [2.45, 2.75) is 19.3 Å². The molecule has 0 radical (unpaired) electrons. The van der Waals surface area contributed by atoms with Crippen LogP contribution < -0.4 is 4.90 Å². The second-order valence-corrected chi connectivity index (χ2v) is 16.5. The molecule has 2 aliphatic rings. The zero-order valence-corrected chi connectivity index (χ0v) is 32.2. The SMILES string of the molecule is CC1(C)c2cccc3c2-c2c1ccc1c4c(N(c5ccc6ccccc6c5)c5ccc6c(c5)c5ccccc5n6-c5ccccc5)cccc4n(c21)-c1ccccc1-3. The Morgan fingerprint density at radius 3 is 2.03 bits per heavy atom. The smallest absolute Gasteiger partial charge is 0.0623 e. The summed E-state index contributed by atoms with van der Waals surface area (Å²) in [6, 6.07) is 69.8. The van der Waals surface area contributed by atoms with Crippen molar-refractivity contribution in [1.82, 2.24) is 9.13 Å². The van der Waals surface area contributed by atoms with Crippen LogP contribution in [0.1, 0.15) is 25.0 Å². The van der Waals surface area contributed by atoms with Gasteiger partial charge in [0.2, 0.25) is 0 Å². The molecule has 0 fully saturated rings. The van der Waals surface area contributed by atoms with Gasteiger partial charge >= 0.3 is 0 Å². The van der Waals surface area contributed by atoms with E-state index in [-0.39, 0.29) is 5.41 Å². The van der Waals surface area contributed by atoms with E-state index in [1.807, 2.05) is 0 Å². The van der Waals surface area contributed by atoms with Gasteiger partial charge in [-0.2, -0.15) is 0 Å². The average Bonchev–Trinajstić information content (AvgIpc) is 3.83. The maximum atomic E-state index is 2.57. The molecule has 3 heterocycles. The molecule has 272 valence electrons. The van der Waals surface area contributed by atoms with Crippen LogP contribution in [0.4, 0.5) is 17.1 Å². The molecule has 11 aromatic rings. The highest BCUT2D eigenvalue weighted by Gasteiger charge is 2.41. The molecule has 0 bridgehead atoms. The number of hydrogen-bond acceptors (Lipinski definition) is 1. The molecule has 0 unspecified atom stereocenters. The summed E-state index contributed by atoms with van der Waals surface area (Å²) in [6.45, 7) is 4.79. The van der Waals surface area contributed by atoms with Crippen LogP contribution in [0, 0.1) is 0 Å². The van der Waals surface area contributed by atoms with Crippen LogP contribution in [-0.2, 0) is 5.41 Å². The maximum absolute atomic E-state index is 2.57. The number of aromatic nitrogens is 2. The van der Waals surface area contributed by atoms with Gasteiger partial charge in [-0.3, -0.25) is 0 Å². The zero-order valence-electron chi connectivity index (χ0n) is 32.2. The second-order valence-electron chi connectivity index (χ2n) is 16.5. The Labute approximate surface area is 336 Å². The van der Waals surface area contributed by atoms with Crippen molar-refractivity contribution in [3.05, 3.63) is 199 Å². The molecule has 0 N–H and O–H groups in total. The Bertz CT molecular complexity index is 3540. The molecule has 1 aliphatic carbocycles. The maximum Gasteiger partial charge on any atom is 0.0623 e. The summed E-state index contributed by atoms with van der Waals surface area (Å²) in [5.74, 6) is 0. The van der Waals surface area contributed by atoms with Crippen molar-refractivity contribution >= 4 is 71.4 Å². The minimum Gasteiger partial charge on any atom is -0.310 e. The van der Waals surface area contributed by atoms with E-state index in [9.17, 15) is 0 Å². The standard InChI is InChI=1S/C55H37N3/c1-55(2)44-21-12-20-41-39-18-8-11-23-47(39)58-50-25-13-24-49(52(50)42-29-30-45(55)53(51(41)44)54(42)58)56(37-27-26-34-14-6-7-15-35(34)32-37)38-28-31-48-43(33-38)40-19-9-10-22-46(40)57(48)36-16-4-3-5-17-36/h3-33H,1-2H3. The van der Waals surface area contributed by atoms with E-state index in [1.54, 1.807) is 0 Å². The van der Waals surface area contributed by atoms with Crippen molar-refractivity contribution in [3.63, 3.8) is 0 Å². The molecule has 3 nitrogen and oxygen atoms in total. The summed E-state index contributed by atoms with van der Waals surface area (Å²) in [4.78, 5) is 2.50. The molecule has 2 aromatic heterocycles. The summed E-state index contributed by atoms with van der Waals surface area (Å²) in [6.07, 6.45) is 0. The van der Waals surface area contributed by atoms with Crippen molar-refractivity contribution < 1.29 is 0 Å². The van der Waals surface area contributed by atoms with Gasteiger partial charge in [-0.05, 0) is 99.8 Å². The van der Waals surface area contributed by atoms with Gasteiger partial charge in [0.05, 0.1) is 33.4 Å². The van der Waals surface area contributed by atoms with Gasteiger partial charge in [0.25, 0.3) is 0 Å². The predicted octanol–water partition coefficient (Wildman–Crippen LogP) is 14.8. The van der Waals surface area contributed by atoms with Gasteiger partial charge in [-0.25, -0.2) is 0 Å². The van der Waals surface area contributed by atoms with Crippen LogP contribution in [0.15, 0.2) is 188 Å². The normalized spacial score (nSPS) is 13.5. The van der Waals surface area contributed by atoms with Crippen LogP contribution in [0.5, 0.6) is 0 Å². The lowest BCUT2D eigenvalue weighted by Crippen LogP contribution is -2.15. The van der Waals surface area contributed by atoms with Crippen LogP contribution in [0.2, 0.25) is 0 Å². The number of nitrogens with zero attached hydrogens (tertiary/aromatic N) is 3. The highest BCUT2D eigenvalue weighted by atomic mass is 15.1. The first kappa shape index (κ1) is 31.8. The fourth-order valence-electron chi connectivity index (χ4n) is 10.7. The summed E-state index contributed by atoms with van der Waals surface area (Å²) in [5.41, 5.74) is 18.7. The summed E-state index contributed by atoms with van der Waals surface area (Å²) in [7, 11) is 0. The van der Waals surface area contributed by atoms with E-state index in [0.29, 0.717) is 0 Å². The third kappa shape index (κ3) is 4.07. The number of rotatable bonds is 4. The lowest BCUT2D eigenvalue weighted by molar-refractivity contribution is 0.661. The molecule has 0 amide bonds. The highest BCUT2D eigenvalue weighted by Crippen LogP contribution is 2.59. The number of hydrogen-bond donors (Lipinski definition) is 0. The third-order valence-electron chi connectivity index (χ3n) is 13.2. The molecule has 0 spiro atoms. The van der Waals surface area contributed by atoms with E-state index < -0.39 is 0 Å². The van der Waals surface area contributed by atoms with Crippen LogP contribution in [-0.4, -0.2) is 9.13 Å². The first-order chi connectivity index (χ1) is 28.6. The largest absolute Gasteiger partial charge is 0.310 e. The molecule has 0 saturated carbocycles. The van der Waals surface area contributed by atoms with Gasteiger partial charge in [-0.1, -0.05) is 135 Å². The van der Waals surface area contributed by atoms with Crippen LogP contribution >= 0.6 is 0 Å². The number of benzene rings is 9. The van der Waals surface area contributed by atoms with E-state index in [2.05, 4.69) is 216 Å². The Hall–Kier alpha value is -7.36. The van der Waals surface area contributed by atoms with Gasteiger partial charge in [0, 0.05) is 55.1 Å². The van der Waals surface area contributed by atoms with E-state index in [1.165, 1.54) is 93.5 Å². The van der Waals surface area contributed by atoms with Crippen molar-refractivity contribution in [2.75, 3.05) is 4.90 Å². The molecule has 58 heavy (non-hydrogen) atoms. The lowest BCUT2D eigenvalue weighted by Gasteiger charge is -2.27. The minimum absolute atomic E-state index is 0.114. The summed E-state index contributed by atoms with van der Waals surface area (Å²) >= 11 is 0. The third-order valence-corrected chi connectivity index (χ3v) is 13.2. The Morgan fingerprint density at radius 2 is 1.12 bits per heavy atom. The monoisotopic (exact) mass is 739 g/mol. The highest BCUT2D eigenvalue weighted by molar-refractivity contribution is 6.23. The second kappa shape index (κ2) is 11.4. The molecular weight excluding hydrogens is 703 g/mol. The molecular formula is C55H37N3. The molecule has 1 aliphatic heterocycles. The van der Waals surface area contributed by atoms with Gasteiger partial charge in [0.1, 0.15) is 0 Å². The molecule has 3 heteroatoms. The Kier molecular flexibility index (Phi) is 6.23. The number of fused-ring (bicyclic) bond motifs is 10. The zero-order chi connectivity index (χ0) is 38.3. The fraction of sp³-hybridized carbons (Fsp3) is 0.0545. The summed E-state index contributed by atoms with van der Waals surface area (Å²) in [5, 5.41) is 7.43. The van der Waals surface area contributed by atoms with Crippen molar-refractivity contribution in [2.24, 2.45) is 0 Å². The number of anilines is 3. The topological polar surface area (TPSA) is 13.1 Å².